The van der Waals surface area contributed by atoms with Crippen LogP contribution in [0.2, 0.25) is 0 Å². The number of carbonyl (C=O) groups excluding carboxylic acids is 3. The Labute approximate surface area is 224 Å². The molecule has 0 saturated carbocycles. The number of primary amides is 1. The van der Waals surface area contributed by atoms with Crippen LogP contribution in [0.1, 0.15) is 54.4 Å². The average Bonchev–Trinajstić information content (AvgIpc) is 3.51. The summed E-state index contributed by atoms with van der Waals surface area (Å²) in [5.74, 6) is -0.887. The summed E-state index contributed by atoms with van der Waals surface area (Å²) in [7, 11) is 0. The molecule has 0 bridgehead atoms. The quantitative estimate of drug-likeness (QED) is 0.284. The Balaban J connectivity index is 1.72. The summed E-state index contributed by atoms with van der Waals surface area (Å²) in [5.41, 5.74) is 14.2. The van der Waals surface area contributed by atoms with E-state index in [1.807, 2.05) is 61.5 Å². The molecule has 4 rings (SSSR count). The van der Waals surface area contributed by atoms with Crippen LogP contribution in [0.5, 0.6) is 0 Å². The van der Waals surface area contributed by atoms with Gasteiger partial charge in [0.2, 0.25) is 0 Å². The van der Waals surface area contributed by atoms with Gasteiger partial charge in [-0.3, -0.25) is 14.4 Å². The molecule has 10 heteroatoms. The molecule has 0 unspecified atom stereocenters. The predicted molar refractivity (Wildman–Crippen MR) is 145 cm³/mol. The number of anilines is 1. The van der Waals surface area contributed by atoms with Crippen LogP contribution in [0, 0.1) is 13.8 Å². The molecule has 196 valence electrons. The monoisotopic (exact) mass is 531 g/mol. The zero-order valence-corrected chi connectivity index (χ0v) is 22.0. The predicted octanol–water partition coefficient (Wildman–Crippen LogP) is 3.78. The molecule has 38 heavy (non-hydrogen) atoms. The van der Waals surface area contributed by atoms with Gasteiger partial charge in [0.05, 0.1) is 5.69 Å². The van der Waals surface area contributed by atoms with Gasteiger partial charge in [0.25, 0.3) is 17.7 Å². The maximum atomic E-state index is 14.0. The van der Waals surface area contributed by atoms with Gasteiger partial charge < -0.3 is 26.1 Å². The highest BCUT2D eigenvalue weighted by Gasteiger charge is 2.36. The Morgan fingerprint density at radius 3 is 2.37 bits per heavy atom. The highest BCUT2D eigenvalue weighted by atomic mass is 32.1. The molecule has 0 spiro atoms. The maximum Gasteiger partial charge on any atom is 0.270 e. The van der Waals surface area contributed by atoms with E-state index in [1.165, 1.54) is 4.90 Å². The number of furan rings is 1. The average molecular weight is 532 g/mol. The summed E-state index contributed by atoms with van der Waals surface area (Å²) in [5, 5.41) is 2.93. The number of carbonyl (C=O) groups is 3. The Bertz CT molecular complexity index is 1450. The van der Waals surface area contributed by atoms with Crippen LogP contribution in [0.3, 0.4) is 0 Å². The van der Waals surface area contributed by atoms with E-state index >= 15 is 0 Å². The fourth-order valence-electron chi connectivity index (χ4n) is 4.15. The minimum atomic E-state index is -1.09. The second kappa shape index (κ2) is 11.7. The van der Waals surface area contributed by atoms with Crippen molar-refractivity contribution in [1.29, 1.82) is 0 Å². The maximum absolute atomic E-state index is 14.0. The first kappa shape index (κ1) is 26.6. The van der Waals surface area contributed by atoms with E-state index in [9.17, 15) is 14.4 Å². The summed E-state index contributed by atoms with van der Waals surface area (Å²) in [6.07, 6.45) is 0.474. The Morgan fingerprint density at radius 1 is 1.03 bits per heavy atom. The van der Waals surface area contributed by atoms with Gasteiger partial charge in [0.1, 0.15) is 16.4 Å². The van der Waals surface area contributed by atoms with Crippen LogP contribution in [0.15, 0.2) is 71.1 Å². The first-order valence-corrected chi connectivity index (χ1v) is 12.8. The van der Waals surface area contributed by atoms with Gasteiger partial charge in [-0.25, -0.2) is 0 Å². The molecule has 2 heterocycles. The minimum absolute atomic E-state index is 0.0349. The van der Waals surface area contributed by atoms with Crippen molar-refractivity contribution >= 4 is 34.9 Å². The van der Waals surface area contributed by atoms with E-state index < -0.39 is 23.8 Å². The third-order valence-corrected chi connectivity index (χ3v) is 7.05. The van der Waals surface area contributed by atoms with Crippen molar-refractivity contribution in [3.8, 4) is 0 Å². The molecule has 0 aliphatic rings. The Hall–Kier alpha value is -4.44. The van der Waals surface area contributed by atoms with Gasteiger partial charge in [0.15, 0.2) is 11.7 Å². The largest absolute Gasteiger partial charge is 0.464 e. The van der Waals surface area contributed by atoms with Crippen LogP contribution in [-0.2, 0) is 17.8 Å². The summed E-state index contributed by atoms with van der Waals surface area (Å²) in [6.45, 7) is 4.20. The molecule has 5 N–H and O–H groups in total. The topological polar surface area (TPSA) is 145 Å². The van der Waals surface area contributed by atoms with Crippen LogP contribution >= 0.6 is 11.5 Å². The number of nitrogens with one attached hydrogen (secondary N) is 1. The third kappa shape index (κ3) is 5.92. The standard InChI is InChI=1S/C28H29N5O4S/c1-17-8-6-7-11-20(17)14-15-33(28(36)25-22(29)23(26(30)34)32-38-25)24(21-13-12-18(2)37-21)27(35)31-16-19-9-4-3-5-10-19/h3-13,24H,14-16,29H2,1-2H3,(H2,30,34)(H,31,35)/t24-/m0/s1. The van der Waals surface area contributed by atoms with E-state index in [2.05, 4.69) is 9.69 Å². The number of benzene rings is 2. The van der Waals surface area contributed by atoms with Crippen LogP contribution in [-0.4, -0.2) is 33.5 Å². The van der Waals surface area contributed by atoms with E-state index in [0.29, 0.717) is 17.9 Å². The lowest BCUT2D eigenvalue weighted by atomic mass is 10.0. The normalized spacial score (nSPS) is 11.6. The second-order valence-electron chi connectivity index (χ2n) is 8.87. The molecule has 0 aliphatic heterocycles. The molecule has 2 aromatic heterocycles. The SMILES string of the molecule is Cc1ccc([C@@H](C(=O)NCc2ccccc2)N(CCc2ccccc2C)C(=O)c2snc(C(N)=O)c2N)o1. The highest BCUT2D eigenvalue weighted by molar-refractivity contribution is 7.09. The van der Waals surface area contributed by atoms with Gasteiger partial charge >= 0.3 is 0 Å². The number of nitrogens with two attached hydrogens (primary N) is 2. The van der Waals surface area contributed by atoms with E-state index in [-0.39, 0.29) is 29.3 Å². The number of hydrogen-bond acceptors (Lipinski definition) is 7. The van der Waals surface area contributed by atoms with Crippen LogP contribution in [0.4, 0.5) is 5.69 Å². The fourth-order valence-corrected chi connectivity index (χ4v) is 4.91. The molecule has 1 atom stereocenters. The first-order chi connectivity index (χ1) is 18.3. The number of hydrogen-bond donors (Lipinski definition) is 3. The lowest BCUT2D eigenvalue weighted by Crippen LogP contribution is -2.44. The van der Waals surface area contributed by atoms with E-state index in [1.54, 1.807) is 19.1 Å². The molecule has 4 aromatic rings. The lowest BCUT2D eigenvalue weighted by Gasteiger charge is -2.30. The van der Waals surface area contributed by atoms with Gasteiger partial charge in [0, 0.05) is 13.1 Å². The number of nitrogens with zero attached hydrogens (tertiary/aromatic N) is 2. The van der Waals surface area contributed by atoms with Crippen molar-refractivity contribution in [2.24, 2.45) is 5.73 Å². The van der Waals surface area contributed by atoms with Gasteiger partial charge in [-0.1, -0.05) is 54.6 Å². The molecule has 9 nitrogen and oxygen atoms in total. The van der Waals surface area contributed by atoms with Gasteiger partial charge in [-0.15, -0.1) is 0 Å². The lowest BCUT2D eigenvalue weighted by molar-refractivity contribution is -0.126. The van der Waals surface area contributed by atoms with Crippen LogP contribution < -0.4 is 16.8 Å². The highest BCUT2D eigenvalue weighted by Crippen LogP contribution is 2.30. The summed E-state index contributed by atoms with van der Waals surface area (Å²) in [6, 6.07) is 19.6. The molecule has 0 saturated heterocycles. The number of aromatic nitrogens is 1. The molecule has 3 amide bonds. The van der Waals surface area contributed by atoms with Crippen LogP contribution in [0.25, 0.3) is 0 Å². The van der Waals surface area contributed by atoms with Crippen molar-refractivity contribution in [3.63, 3.8) is 0 Å². The molecule has 0 radical (unpaired) electrons. The van der Waals surface area contributed by atoms with Crippen molar-refractivity contribution in [2.75, 3.05) is 12.3 Å². The third-order valence-electron chi connectivity index (χ3n) is 6.20. The minimum Gasteiger partial charge on any atom is -0.464 e. The summed E-state index contributed by atoms with van der Waals surface area (Å²) >= 11 is 0.776. The number of rotatable bonds is 10. The number of aryl methyl sites for hydroxylation is 2. The zero-order valence-electron chi connectivity index (χ0n) is 21.1. The molecular weight excluding hydrogens is 502 g/mol. The van der Waals surface area contributed by atoms with E-state index in [0.717, 1.165) is 28.2 Å². The van der Waals surface area contributed by atoms with Crippen molar-refractivity contribution in [1.82, 2.24) is 14.6 Å². The Kier molecular flexibility index (Phi) is 8.22. The second-order valence-corrected chi connectivity index (χ2v) is 9.64. The van der Waals surface area contributed by atoms with Crippen molar-refractivity contribution < 1.29 is 18.8 Å². The van der Waals surface area contributed by atoms with Gasteiger partial charge in [-0.05, 0) is 60.6 Å². The van der Waals surface area contributed by atoms with Crippen molar-refractivity contribution in [3.05, 3.63) is 106 Å². The molecular formula is C28H29N5O4S. The van der Waals surface area contributed by atoms with E-state index in [4.69, 9.17) is 15.9 Å². The summed E-state index contributed by atoms with van der Waals surface area (Å²) < 4.78 is 9.84. The molecule has 0 fully saturated rings. The number of amides is 3. The fraction of sp³-hybridized carbons (Fsp3) is 0.214. The van der Waals surface area contributed by atoms with Gasteiger partial charge in [-0.2, -0.15) is 4.37 Å². The zero-order chi connectivity index (χ0) is 27.2. The summed E-state index contributed by atoms with van der Waals surface area (Å²) in [4.78, 5) is 40.8. The molecule has 0 aliphatic carbocycles. The Morgan fingerprint density at radius 2 is 1.74 bits per heavy atom. The number of nitrogen functional groups attached to an aromatic ring is 1. The molecule has 2 aromatic carbocycles. The first-order valence-electron chi connectivity index (χ1n) is 12.0. The smallest absolute Gasteiger partial charge is 0.270 e. The van der Waals surface area contributed by atoms with Crippen molar-refractivity contribution in [2.45, 2.75) is 32.9 Å².